The molecule has 0 aliphatic heterocycles. The number of benzene rings is 2. The van der Waals surface area contributed by atoms with Gasteiger partial charge in [0.15, 0.2) is 0 Å². The number of methoxy groups -OCH3 is 2. The number of ether oxygens (including phenoxy) is 2. The molecule has 3 rings (SSSR count). The zero-order valence-corrected chi connectivity index (χ0v) is 20.9. The molecule has 1 aromatic heterocycles. The van der Waals surface area contributed by atoms with Crippen LogP contribution in [0.2, 0.25) is 0 Å². The van der Waals surface area contributed by atoms with E-state index in [1.54, 1.807) is 24.3 Å². The molecule has 3 aromatic rings. The molecule has 186 valence electrons. The Morgan fingerprint density at radius 3 is 2.40 bits per heavy atom. The molecule has 1 heterocycles. The minimum atomic E-state index is -3.84. The molecule has 0 saturated carbocycles. The normalized spacial score (nSPS) is 11.5. The third kappa shape index (κ3) is 5.99. The number of aromatic nitrogens is 1. The maximum absolute atomic E-state index is 13.3. The van der Waals surface area contributed by atoms with Gasteiger partial charge < -0.3 is 14.0 Å². The predicted octanol–water partition coefficient (Wildman–Crippen LogP) is 3.17. The molecule has 0 fully saturated rings. The molecule has 0 unspecified atom stereocenters. The number of anilines is 1. The highest BCUT2D eigenvalue weighted by molar-refractivity contribution is 7.92. The quantitative estimate of drug-likeness (QED) is 0.358. The van der Waals surface area contributed by atoms with E-state index in [9.17, 15) is 17.6 Å². The number of rotatable bonds is 9. The van der Waals surface area contributed by atoms with Gasteiger partial charge in [0.2, 0.25) is 10.0 Å². The first-order valence-corrected chi connectivity index (χ1v) is 12.4. The maximum atomic E-state index is 13.3. The van der Waals surface area contributed by atoms with Gasteiger partial charge in [-0.15, -0.1) is 0 Å². The number of carbonyl (C=O) groups excluding carboxylic acids is 1. The smallest absolute Gasteiger partial charge is 0.260 e. The van der Waals surface area contributed by atoms with E-state index >= 15 is 0 Å². The van der Waals surface area contributed by atoms with Crippen LogP contribution in [0.15, 0.2) is 53.6 Å². The van der Waals surface area contributed by atoms with Crippen molar-refractivity contribution >= 4 is 27.8 Å². The number of aryl methyl sites for hydroxylation is 1. The fourth-order valence-electron chi connectivity index (χ4n) is 3.62. The molecule has 0 bridgehead atoms. The van der Waals surface area contributed by atoms with Gasteiger partial charge in [-0.05, 0) is 56.3 Å². The van der Waals surface area contributed by atoms with E-state index < -0.39 is 22.5 Å². The van der Waals surface area contributed by atoms with Crippen molar-refractivity contribution in [1.29, 1.82) is 0 Å². The zero-order valence-electron chi connectivity index (χ0n) is 20.1. The van der Waals surface area contributed by atoms with E-state index in [2.05, 4.69) is 10.5 Å². The van der Waals surface area contributed by atoms with Crippen LogP contribution in [0.25, 0.3) is 5.69 Å². The van der Waals surface area contributed by atoms with Crippen LogP contribution in [0.5, 0.6) is 11.5 Å². The van der Waals surface area contributed by atoms with Gasteiger partial charge >= 0.3 is 0 Å². The number of hydrazone groups is 1. The van der Waals surface area contributed by atoms with Crippen LogP contribution in [0.1, 0.15) is 17.0 Å². The van der Waals surface area contributed by atoms with Crippen molar-refractivity contribution in [3.8, 4) is 17.2 Å². The number of carbonyl (C=O) groups is 1. The second kappa shape index (κ2) is 10.6. The van der Waals surface area contributed by atoms with Gasteiger partial charge in [-0.2, -0.15) is 5.10 Å². The van der Waals surface area contributed by atoms with Crippen molar-refractivity contribution in [2.45, 2.75) is 13.8 Å². The molecule has 2 aromatic carbocycles. The summed E-state index contributed by atoms with van der Waals surface area (Å²) in [6.07, 6.45) is 2.46. The molecule has 1 amide bonds. The third-order valence-corrected chi connectivity index (χ3v) is 6.42. The summed E-state index contributed by atoms with van der Waals surface area (Å²) >= 11 is 0. The van der Waals surface area contributed by atoms with E-state index in [4.69, 9.17) is 9.47 Å². The standard InChI is InChI=1S/C24H27FN4O5S/c1-16-12-18(17(2)29(16)20-8-6-19(25)7-9-20)14-26-27-24(30)15-28(35(5,31)32)22-13-21(33-3)10-11-23(22)34-4/h6-14H,15H2,1-5H3,(H,27,30)/b26-14-. The number of sulfonamides is 1. The molecular formula is C24H27FN4O5S. The van der Waals surface area contributed by atoms with Crippen molar-refractivity contribution in [3.63, 3.8) is 0 Å². The number of nitrogens with one attached hydrogen (secondary N) is 1. The van der Waals surface area contributed by atoms with E-state index in [1.165, 1.54) is 38.6 Å². The molecule has 0 aliphatic carbocycles. The average Bonchev–Trinajstić information content (AvgIpc) is 3.09. The Bertz CT molecular complexity index is 1350. The Hall–Kier alpha value is -3.86. The second-order valence-electron chi connectivity index (χ2n) is 7.74. The molecule has 35 heavy (non-hydrogen) atoms. The van der Waals surface area contributed by atoms with Gasteiger partial charge in [0.05, 0.1) is 32.4 Å². The minimum Gasteiger partial charge on any atom is -0.497 e. The molecule has 0 aliphatic rings. The van der Waals surface area contributed by atoms with Crippen molar-refractivity contribution < 1.29 is 27.1 Å². The van der Waals surface area contributed by atoms with Gasteiger partial charge in [0, 0.05) is 28.7 Å². The van der Waals surface area contributed by atoms with E-state index in [-0.39, 0.29) is 17.3 Å². The third-order valence-electron chi connectivity index (χ3n) is 5.29. The highest BCUT2D eigenvalue weighted by atomic mass is 32.2. The Morgan fingerprint density at radius 1 is 1.11 bits per heavy atom. The summed E-state index contributed by atoms with van der Waals surface area (Å²) < 4.78 is 51.5. The first kappa shape index (κ1) is 25.8. The first-order chi connectivity index (χ1) is 16.5. The molecular weight excluding hydrogens is 475 g/mol. The fraction of sp³-hybridized carbons (Fsp3) is 0.250. The summed E-state index contributed by atoms with van der Waals surface area (Å²) in [5.74, 6) is -0.301. The van der Waals surface area contributed by atoms with Gasteiger partial charge in [-0.3, -0.25) is 9.10 Å². The maximum Gasteiger partial charge on any atom is 0.260 e. The van der Waals surface area contributed by atoms with Crippen molar-refractivity contribution in [1.82, 2.24) is 9.99 Å². The van der Waals surface area contributed by atoms with Crippen molar-refractivity contribution in [2.24, 2.45) is 5.10 Å². The van der Waals surface area contributed by atoms with Gasteiger partial charge in [0.25, 0.3) is 5.91 Å². The number of nitrogens with zero attached hydrogens (tertiary/aromatic N) is 3. The van der Waals surface area contributed by atoms with Gasteiger partial charge in [-0.25, -0.2) is 18.2 Å². The molecule has 0 radical (unpaired) electrons. The predicted molar refractivity (Wildman–Crippen MR) is 133 cm³/mol. The van der Waals surface area contributed by atoms with Gasteiger partial charge in [0.1, 0.15) is 23.9 Å². The van der Waals surface area contributed by atoms with Crippen LogP contribution >= 0.6 is 0 Å². The number of halogens is 1. The van der Waals surface area contributed by atoms with E-state index in [0.29, 0.717) is 5.75 Å². The lowest BCUT2D eigenvalue weighted by atomic mass is 10.2. The zero-order chi connectivity index (χ0) is 25.8. The highest BCUT2D eigenvalue weighted by Gasteiger charge is 2.24. The summed E-state index contributed by atoms with van der Waals surface area (Å²) in [5.41, 5.74) is 5.80. The van der Waals surface area contributed by atoms with Crippen LogP contribution in [0, 0.1) is 19.7 Å². The van der Waals surface area contributed by atoms with Crippen molar-refractivity contribution in [2.75, 3.05) is 31.3 Å². The van der Waals surface area contributed by atoms with Crippen LogP contribution in [0.4, 0.5) is 10.1 Å². The van der Waals surface area contributed by atoms with E-state index in [1.807, 2.05) is 24.5 Å². The number of hydrogen-bond donors (Lipinski definition) is 1. The monoisotopic (exact) mass is 502 g/mol. The Morgan fingerprint density at radius 2 is 1.80 bits per heavy atom. The molecule has 11 heteroatoms. The summed E-state index contributed by atoms with van der Waals surface area (Å²) in [6.45, 7) is 3.26. The lowest BCUT2D eigenvalue weighted by molar-refractivity contribution is -0.119. The topological polar surface area (TPSA) is 102 Å². The van der Waals surface area contributed by atoms with Crippen molar-refractivity contribution in [3.05, 3.63) is 71.3 Å². The molecule has 0 saturated heterocycles. The summed E-state index contributed by atoms with van der Waals surface area (Å²) in [7, 11) is -0.985. The average molecular weight is 503 g/mol. The van der Waals surface area contributed by atoms with E-state index in [0.717, 1.165) is 33.2 Å². The summed E-state index contributed by atoms with van der Waals surface area (Å²) in [5, 5.41) is 3.99. The second-order valence-corrected chi connectivity index (χ2v) is 9.65. The Labute approximate surface area is 203 Å². The number of amides is 1. The first-order valence-electron chi connectivity index (χ1n) is 10.5. The van der Waals surface area contributed by atoms with Gasteiger partial charge in [-0.1, -0.05) is 0 Å². The number of hydrogen-bond acceptors (Lipinski definition) is 6. The molecule has 9 nitrogen and oxygen atoms in total. The fourth-order valence-corrected chi connectivity index (χ4v) is 4.47. The highest BCUT2D eigenvalue weighted by Crippen LogP contribution is 2.33. The Balaban J connectivity index is 1.79. The van der Waals surface area contributed by atoms with Crippen LogP contribution in [-0.2, 0) is 14.8 Å². The summed E-state index contributed by atoms with van der Waals surface area (Å²) in [6, 6.07) is 12.6. The Kier molecular flexibility index (Phi) is 7.80. The molecule has 0 atom stereocenters. The minimum absolute atomic E-state index is 0.163. The van der Waals surface area contributed by atoms with Crippen LogP contribution < -0.4 is 19.2 Å². The lowest BCUT2D eigenvalue weighted by Gasteiger charge is -2.23. The SMILES string of the molecule is COc1ccc(OC)c(N(CC(=O)N/N=C\c2cc(C)n(-c3ccc(F)cc3)c2C)S(C)(=O)=O)c1. The molecule has 1 N–H and O–H groups in total. The van der Waals surface area contributed by atoms with Crippen LogP contribution in [0.3, 0.4) is 0 Å². The van der Waals surface area contributed by atoms with Crippen LogP contribution in [-0.4, -0.2) is 52.1 Å². The summed E-state index contributed by atoms with van der Waals surface area (Å²) in [4.78, 5) is 12.6. The largest absolute Gasteiger partial charge is 0.497 e. The lowest BCUT2D eigenvalue weighted by Crippen LogP contribution is -2.39. The molecule has 0 spiro atoms.